The van der Waals surface area contributed by atoms with Crippen molar-refractivity contribution in [1.82, 2.24) is 4.98 Å². The first-order valence-corrected chi connectivity index (χ1v) is 10.2. The van der Waals surface area contributed by atoms with Crippen LogP contribution in [0.5, 0.6) is 5.75 Å². The summed E-state index contributed by atoms with van der Waals surface area (Å²) in [6.45, 7) is 1.95. The number of aromatic nitrogens is 1. The van der Waals surface area contributed by atoms with E-state index in [1.54, 1.807) is 36.4 Å². The van der Waals surface area contributed by atoms with Crippen LogP contribution < -0.4 is 9.64 Å². The molecule has 32 heavy (non-hydrogen) atoms. The summed E-state index contributed by atoms with van der Waals surface area (Å²) >= 11 is 0. The molecule has 7 heteroatoms. The number of anilines is 1. The molecule has 2 atom stereocenters. The fraction of sp³-hybridized carbons (Fsp3) is 0.160. The van der Waals surface area contributed by atoms with Crippen LogP contribution in [0.3, 0.4) is 0 Å². The Morgan fingerprint density at radius 1 is 1.12 bits per heavy atom. The van der Waals surface area contributed by atoms with Gasteiger partial charge in [0, 0.05) is 18.2 Å². The van der Waals surface area contributed by atoms with E-state index in [4.69, 9.17) is 4.74 Å². The number of rotatable bonds is 3. The Morgan fingerprint density at radius 3 is 2.62 bits per heavy atom. The van der Waals surface area contributed by atoms with Crippen LogP contribution in [0.15, 0.2) is 72.4 Å². The molecule has 3 aromatic rings. The molecule has 0 saturated carbocycles. The minimum atomic E-state index is -0.950. The number of ether oxygens (including phenoxy) is 1. The summed E-state index contributed by atoms with van der Waals surface area (Å²) in [5.74, 6) is -1.38. The Bertz CT molecular complexity index is 1250. The smallest absolute Gasteiger partial charge is 0.301 e. The molecule has 1 amide bonds. The minimum Gasteiger partial charge on any atom is -0.507 e. The lowest BCUT2D eigenvalue weighted by Crippen LogP contribution is -2.30. The van der Waals surface area contributed by atoms with Gasteiger partial charge in [-0.05, 0) is 60.5 Å². The summed E-state index contributed by atoms with van der Waals surface area (Å²) < 4.78 is 19.3. The average Bonchev–Trinajstić information content (AvgIpc) is 3.30. The number of carbonyl (C=O) groups is 2. The van der Waals surface area contributed by atoms with Gasteiger partial charge >= 0.3 is 5.91 Å². The maximum atomic E-state index is 13.6. The summed E-state index contributed by atoms with van der Waals surface area (Å²) in [5, 5.41) is 11.2. The predicted octanol–water partition coefficient (Wildman–Crippen LogP) is 4.17. The van der Waals surface area contributed by atoms with E-state index in [0.29, 0.717) is 17.5 Å². The van der Waals surface area contributed by atoms with Gasteiger partial charge in [0.15, 0.2) is 0 Å². The molecule has 1 saturated heterocycles. The minimum absolute atomic E-state index is 0.0244. The summed E-state index contributed by atoms with van der Waals surface area (Å²) in [6, 6.07) is 14.7. The highest BCUT2D eigenvalue weighted by atomic mass is 19.1. The Kier molecular flexibility index (Phi) is 4.74. The van der Waals surface area contributed by atoms with Gasteiger partial charge in [-0.1, -0.05) is 18.2 Å². The number of hydrogen-bond donors (Lipinski definition) is 1. The molecule has 0 spiro atoms. The second-order valence-electron chi connectivity index (χ2n) is 7.86. The maximum Gasteiger partial charge on any atom is 0.301 e. The van der Waals surface area contributed by atoms with Gasteiger partial charge in [0.2, 0.25) is 0 Å². The Hall–Kier alpha value is -4.00. The largest absolute Gasteiger partial charge is 0.507 e. The summed E-state index contributed by atoms with van der Waals surface area (Å²) in [7, 11) is 0. The number of Topliss-reactive ketones (excluding diaryl/α,β-unsaturated/α-hetero) is 1. The van der Waals surface area contributed by atoms with Crippen molar-refractivity contribution in [1.29, 1.82) is 0 Å². The topological polar surface area (TPSA) is 79.7 Å². The number of ketones is 1. The molecule has 0 bridgehead atoms. The second-order valence-corrected chi connectivity index (χ2v) is 7.86. The Balaban J connectivity index is 1.69. The van der Waals surface area contributed by atoms with Gasteiger partial charge in [0.25, 0.3) is 5.78 Å². The molecule has 6 nitrogen and oxygen atoms in total. The molecular weight excluding hydrogens is 411 g/mol. The van der Waals surface area contributed by atoms with Gasteiger partial charge in [-0.2, -0.15) is 0 Å². The molecule has 2 unspecified atom stereocenters. The van der Waals surface area contributed by atoms with Crippen LogP contribution >= 0.6 is 0 Å². The van der Waals surface area contributed by atoms with E-state index in [0.717, 1.165) is 11.3 Å². The number of aliphatic hydroxyl groups is 1. The summed E-state index contributed by atoms with van der Waals surface area (Å²) in [4.78, 5) is 31.6. The molecule has 1 aromatic heterocycles. The number of nitrogens with zero attached hydrogens (tertiary/aromatic N) is 2. The van der Waals surface area contributed by atoms with E-state index >= 15 is 0 Å². The molecule has 5 rings (SSSR count). The first-order valence-electron chi connectivity index (χ1n) is 10.2. The SMILES string of the molecule is CC1Cc2cc(C(O)=C3C(=O)C(=O)N(c4ccccn4)C3c3ccc(F)cc3)ccc2O1. The van der Waals surface area contributed by atoms with Gasteiger partial charge < -0.3 is 9.84 Å². The average molecular weight is 430 g/mol. The van der Waals surface area contributed by atoms with Gasteiger partial charge in [-0.25, -0.2) is 9.37 Å². The van der Waals surface area contributed by atoms with Crippen LogP contribution in [-0.2, 0) is 16.0 Å². The van der Waals surface area contributed by atoms with Crippen LogP contribution in [0.2, 0.25) is 0 Å². The lowest BCUT2D eigenvalue weighted by atomic mass is 9.94. The van der Waals surface area contributed by atoms with Crippen molar-refractivity contribution in [2.24, 2.45) is 0 Å². The maximum absolute atomic E-state index is 13.6. The molecule has 0 radical (unpaired) electrons. The number of carbonyl (C=O) groups excluding carboxylic acids is 2. The van der Waals surface area contributed by atoms with E-state index in [2.05, 4.69) is 4.98 Å². The zero-order chi connectivity index (χ0) is 22.4. The van der Waals surface area contributed by atoms with E-state index in [-0.39, 0.29) is 23.3 Å². The van der Waals surface area contributed by atoms with Crippen molar-refractivity contribution in [2.45, 2.75) is 25.5 Å². The molecule has 1 N–H and O–H groups in total. The van der Waals surface area contributed by atoms with Crippen LogP contribution in [0.4, 0.5) is 10.2 Å². The van der Waals surface area contributed by atoms with E-state index < -0.39 is 23.5 Å². The first kappa shape index (κ1) is 19.9. The third kappa shape index (κ3) is 3.22. The van der Waals surface area contributed by atoms with E-state index in [1.165, 1.54) is 35.4 Å². The molecule has 0 aliphatic carbocycles. The normalized spacial score (nSPS) is 21.5. The number of halogens is 1. The Morgan fingerprint density at radius 2 is 1.91 bits per heavy atom. The number of aliphatic hydroxyl groups excluding tert-OH is 1. The highest BCUT2D eigenvalue weighted by Crippen LogP contribution is 2.42. The lowest BCUT2D eigenvalue weighted by Gasteiger charge is -2.24. The quantitative estimate of drug-likeness (QED) is 0.383. The molecule has 2 aromatic carbocycles. The molecule has 2 aliphatic rings. The van der Waals surface area contributed by atoms with Crippen molar-refractivity contribution in [2.75, 3.05) is 4.90 Å². The van der Waals surface area contributed by atoms with Crippen LogP contribution in [0, 0.1) is 5.82 Å². The molecule has 2 aliphatic heterocycles. The van der Waals surface area contributed by atoms with Crippen molar-refractivity contribution < 1.29 is 23.8 Å². The van der Waals surface area contributed by atoms with E-state index in [1.807, 2.05) is 6.92 Å². The van der Waals surface area contributed by atoms with Crippen molar-refractivity contribution >= 4 is 23.3 Å². The third-order valence-electron chi connectivity index (χ3n) is 5.70. The van der Waals surface area contributed by atoms with Crippen LogP contribution in [0.1, 0.15) is 29.7 Å². The lowest BCUT2D eigenvalue weighted by molar-refractivity contribution is -0.132. The van der Waals surface area contributed by atoms with Crippen LogP contribution in [0.25, 0.3) is 5.76 Å². The fourth-order valence-electron chi connectivity index (χ4n) is 4.25. The van der Waals surface area contributed by atoms with Gasteiger partial charge in [0.1, 0.15) is 29.2 Å². The van der Waals surface area contributed by atoms with Gasteiger partial charge in [0.05, 0.1) is 11.6 Å². The predicted molar refractivity (Wildman–Crippen MR) is 116 cm³/mol. The zero-order valence-electron chi connectivity index (χ0n) is 17.2. The van der Waals surface area contributed by atoms with Gasteiger partial charge in [-0.3, -0.25) is 14.5 Å². The number of hydrogen-bond acceptors (Lipinski definition) is 5. The number of benzene rings is 2. The van der Waals surface area contributed by atoms with Crippen LogP contribution in [-0.4, -0.2) is 27.9 Å². The third-order valence-corrected chi connectivity index (χ3v) is 5.70. The van der Waals surface area contributed by atoms with Crippen molar-refractivity contribution in [3.05, 3.63) is 94.9 Å². The summed E-state index contributed by atoms with van der Waals surface area (Å²) in [5.41, 5.74) is 1.74. The highest BCUT2D eigenvalue weighted by molar-refractivity contribution is 6.51. The van der Waals surface area contributed by atoms with Crippen molar-refractivity contribution in [3.8, 4) is 5.75 Å². The fourth-order valence-corrected chi connectivity index (χ4v) is 4.25. The Labute approximate surface area is 183 Å². The number of amides is 1. The van der Waals surface area contributed by atoms with Crippen molar-refractivity contribution in [3.63, 3.8) is 0 Å². The van der Waals surface area contributed by atoms with E-state index in [9.17, 15) is 19.1 Å². The highest BCUT2D eigenvalue weighted by Gasteiger charge is 2.47. The first-order chi connectivity index (χ1) is 15.4. The standard InChI is InChI=1S/C25H19FN2O4/c1-14-12-17-13-16(7-10-19(17)32-14)23(29)21-22(15-5-8-18(26)9-6-15)28(25(31)24(21)30)20-4-2-3-11-27-20/h2-11,13-14,22,29H,12H2,1H3. The molecule has 1 fully saturated rings. The monoisotopic (exact) mass is 430 g/mol. The zero-order valence-corrected chi connectivity index (χ0v) is 17.2. The molecular formula is C25H19FN2O4. The van der Waals surface area contributed by atoms with Gasteiger partial charge in [-0.15, -0.1) is 0 Å². The second kappa shape index (κ2) is 7.60. The number of fused-ring (bicyclic) bond motifs is 1. The molecule has 160 valence electrons. The number of pyridine rings is 1. The molecule has 3 heterocycles. The summed E-state index contributed by atoms with van der Waals surface area (Å²) in [6.07, 6.45) is 2.22.